The molecule has 0 spiro atoms. The van der Waals surface area contributed by atoms with Gasteiger partial charge in [-0.15, -0.1) is 0 Å². The Morgan fingerprint density at radius 1 is 1.06 bits per heavy atom. The largest absolute Gasteiger partial charge is 0.256 e. The quantitative estimate of drug-likeness (QED) is 0.646. The number of benzene rings is 1. The molecule has 0 fully saturated rings. The van der Waals surface area contributed by atoms with Crippen molar-refractivity contribution in [3.05, 3.63) is 53.7 Å². The smallest absolute Gasteiger partial charge is 0.0742 e. The van der Waals surface area contributed by atoms with Crippen molar-refractivity contribution >= 4 is 0 Å². The third-order valence-corrected chi connectivity index (χ3v) is 3.44. The van der Waals surface area contributed by atoms with Gasteiger partial charge in [-0.3, -0.25) is 4.98 Å². The van der Waals surface area contributed by atoms with E-state index in [1.54, 1.807) is 0 Å². The van der Waals surface area contributed by atoms with E-state index in [1.807, 2.05) is 12.3 Å². The zero-order valence-corrected chi connectivity index (χ0v) is 9.70. The summed E-state index contributed by atoms with van der Waals surface area (Å²) in [5, 5.41) is 0. The van der Waals surface area contributed by atoms with Gasteiger partial charge < -0.3 is 0 Å². The molecule has 1 aromatic carbocycles. The van der Waals surface area contributed by atoms with Crippen molar-refractivity contribution < 1.29 is 0 Å². The van der Waals surface area contributed by atoms with Crippen LogP contribution >= 0.6 is 0 Å². The zero-order chi connectivity index (χ0) is 11.2. The molecule has 1 aliphatic carbocycles. The highest BCUT2D eigenvalue weighted by Gasteiger charge is 2.30. The lowest BCUT2D eigenvalue weighted by Crippen LogP contribution is -2.26. The second-order valence-corrected chi connectivity index (χ2v) is 5.12. The molecule has 1 heteroatoms. The van der Waals surface area contributed by atoms with E-state index >= 15 is 0 Å². The molecule has 1 heterocycles. The van der Waals surface area contributed by atoms with Crippen LogP contribution in [-0.4, -0.2) is 4.98 Å². The lowest BCUT2D eigenvalue weighted by atomic mass is 9.72. The van der Waals surface area contributed by atoms with Gasteiger partial charge in [0.2, 0.25) is 0 Å². The van der Waals surface area contributed by atoms with Crippen LogP contribution in [0.25, 0.3) is 11.3 Å². The fourth-order valence-electron chi connectivity index (χ4n) is 2.64. The van der Waals surface area contributed by atoms with Crippen LogP contribution in [0.4, 0.5) is 0 Å². The molecule has 1 nitrogen and oxygen atoms in total. The molecule has 0 amide bonds. The molecule has 1 aliphatic rings. The molecule has 0 aliphatic heterocycles. The first kappa shape index (κ1) is 9.59. The Morgan fingerprint density at radius 2 is 1.88 bits per heavy atom. The van der Waals surface area contributed by atoms with E-state index in [4.69, 9.17) is 0 Å². The molecule has 0 unspecified atom stereocenters. The predicted octanol–water partition coefficient (Wildman–Crippen LogP) is 3.58. The van der Waals surface area contributed by atoms with Crippen LogP contribution in [-0.2, 0) is 11.8 Å². The molecule has 0 N–H and O–H groups in total. The second kappa shape index (κ2) is 3.18. The topological polar surface area (TPSA) is 12.9 Å². The van der Waals surface area contributed by atoms with Crippen molar-refractivity contribution in [3.8, 4) is 11.3 Å². The normalized spacial score (nSPS) is 16.4. The summed E-state index contributed by atoms with van der Waals surface area (Å²) in [5.74, 6) is 0. The third-order valence-electron chi connectivity index (χ3n) is 3.44. The van der Waals surface area contributed by atoms with E-state index in [9.17, 15) is 0 Å². The zero-order valence-electron chi connectivity index (χ0n) is 9.70. The summed E-state index contributed by atoms with van der Waals surface area (Å²) < 4.78 is 0. The molecule has 0 bridgehead atoms. The Balaban J connectivity index is 2.33. The molecular weight excluding hydrogens is 194 g/mol. The maximum atomic E-state index is 4.56. The molecule has 80 valence electrons. The number of aromatic nitrogens is 1. The van der Waals surface area contributed by atoms with Gasteiger partial charge in [0.25, 0.3) is 0 Å². The van der Waals surface area contributed by atoms with Crippen molar-refractivity contribution in [2.75, 3.05) is 0 Å². The molecule has 0 radical (unpaired) electrons. The first-order valence-corrected chi connectivity index (χ1v) is 5.72. The van der Waals surface area contributed by atoms with Crippen LogP contribution < -0.4 is 0 Å². The fraction of sp³-hybridized carbons (Fsp3) is 0.267. The minimum absolute atomic E-state index is 0.192. The maximum Gasteiger partial charge on any atom is 0.0742 e. The van der Waals surface area contributed by atoms with Gasteiger partial charge in [-0.05, 0) is 29.0 Å². The van der Waals surface area contributed by atoms with Gasteiger partial charge in [-0.25, -0.2) is 0 Å². The van der Waals surface area contributed by atoms with Crippen LogP contribution in [0.2, 0.25) is 0 Å². The molecule has 0 saturated heterocycles. The summed E-state index contributed by atoms with van der Waals surface area (Å²) in [6.45, 7) is 4.59. The van der Waals surface area contributed by atoms with E-state index in [0.29, 0.717) is 0 Å². The van der Waals surface area contributed by atoms with Crippen molar-refractivity contribution in [3.63, 3.8) is 0 Å². The molecule has 3 rings (SSSR count). The summed E-state index contributed by atoms with van der Waals surface area (Å²) >= 11 is 0. The number of hydrogen-bond acceptors (Lipinski definition) is 1. The predicted molar refractivity (Wildman–Crippen MR) is 66.4 cm³/mol. The van der Waals surface area contributed by atoms with Crippen molar-refractivity contribution in [1.82, 2.24) is 4.98 Å². The Morgan fingerprint density at radius 3 is 2.75 bits per heavy atom. The van der Waals surface area contributed by atoms with Crippen molar-refractivity contribution in [2.24, 2.45) is 0 Å². The van der Waals surface area contributed by atoms with Gasteiger partial charge >= 0.3 is 0 Å². The van der Waals surface area contributed by atoms with Gasteiger partial charge in [-0.2, -0.15) is 0 Å². The van der Waals surface area contributed by atoms with Gasteiger partial charge in [0, 0.05) is 11.8 Å². The van der Waals surface area contributed by atoms with E-state index < -0.39 is 0 Å². The average molecular weight is 209 g/mol. The maximum absolute atomic E-state index is 4.56. The monoisotopic (exact) mass is 209 g/mol. The highest BCUT2D eigenvalue weighted by Crippen LogP contribution is 2.41. The summed E-state index contributed by atoms with van der Waals surface area (Å²) in [6.07, 6.45) is 2.99. The van der Waals surface area contributed by atoms with Gasteiger partial charge in [0.05, 0.1) is 5.69 Å². The minimum atomic E-state index is 0.192. The average Bonchev–Trinajstić information content (AvgIpc) is 2.29. The van der Waals surface area contributed by atoms with Crippen LogP contribution in [0.15, 0.2) is 42.6 Å². The van der Waals surface area contributed by atoms with Gasteiger partial charge in [0.15, 0.2) is 0 Å². The minimum Gasteiger partial charge on any atom is -0.256 e. The molecule has 2 aromatic rings. The Hall–Kier alpha value is -1.63. The molecular formula is C15H15N. The lowest BCUT2D eigenvalue weighted by molar-refractivity contribution is 0.515. The second-order valence-electron chi connectivity index (χ2n) is 5.12. The summed E-state index contributed by atoms with van der Waals surface area (Å²) in [5.41, 5.74) is 5.44. The summed E-state index contributed by atoms with van der Waals surface area (Å²) in [6, 6.07) is 12.8. The molecule has 0 atom stereocenters. The van der Waals surface area contributed by atoms with Gasteiger partial charge in [-0.1, -0.05) is 44.2 Å². The number of hydrogen-bond donors (Lipinski definition) is 0. The van der Waals surface area contributed by atoms with Crippen molar-refractivity contribution in [1.29, 1.82) is 0 Å². The van der Waals surface area contributed by atoms with Crippen molar-refractivity contribution in [2.45, 2.75) is 25.7 Å². The van der Waals surface area contributed by atoms with E-state index in [-0.39, 0.29) is 5.41 Å². The molecule has 1 aromatic heterocycles. The number of nitrogens with zero attached hydrogens (tertiary/aromatic N) is 1. The standard InChI is InChI=1S/C15H15N/c1-15(2)10-11-6-3-4-7-12(11)14-13(15)8-5-9-16-14/h3-9H,10H2,1-2H3. The summed E-state index contributed by atoms with van der Waals surface area (Å²) in [7, 11) is 0. The number of fused-ring (bicyclic) bond motifs is 3. The Kier molecular flexibility index (Phi) is 1.90. The van der Waals surface area contributed by atoms with Crippen LogP contribution in [0.5, 0.6) is 0 Å². The SMILES string of the molecule is CC1(C)Cc2ccccc2-c2ncccc21. The van der Waals surface area contributed by atoms with Crippen LogP contribution in [0, 0.1) is 0 Å². The fourth-order valence-corrected chi connectivity index (χ4v) is 2.64. The third kappa shape index (κ3) is 1.28. The van der Waals surface area contributed by atoms with E-state index in [1.165, 1.54) is 16.7 Å². The van der Waals surface area contributed by atoms with Crippen LogP contribution in [0.1, 0.15) is 25.0 Å². The van der Waals surface area contributed by atoms with E-state index in [0.717, 1.165) is 12.1 Å². The molecule has 0 saturated carbocycles. The lowest BCUT2D eigenvalue weighted by Gasteiger charge is -2.33. The highest BCUT2D eigenvalue weighted by atomic mass is 14.7. The first-order valence-electron chi connectivity index (χ1n) is 5.72. The first-order chi connectivity index (χ1) is 7.68. The number of rotatable bonds is 0. The Bertz CT molecular complexity index is 541. The van der Waals surface area contributed by atoms with Crippen LogP contribution in [0.3, 0.4) is 0 Å². The molecule has 16 heavy (non-hydrogen) atoms. The van der Waals surface area contributed by atoms with Gasteiger partial charge in [0.1, 0.15) is 0 Å². The highest BCUT2D eigenvalue weighted by molar-refractivity contribution is 5.71. The Labute approximate surface area is 96.2 Å². The number of pyridine rings is 1. The van der Waals surface area contributed by atoms with E-state index in [2.05, 4.69) is 49.2 Å². The summed E-state index contributed by atoms with van der Waals surface area (Å²) in [4.78, 5) is 4.56.